The van der Waals surface area contributed by atoms with E-state index in [0.29, 0.717) is 5.57 Å². The summed E-state index contributed by atoms with van der Waals surface area (Å²) < 4.78 is 5.23. The molecule has 0 aliphatic heterocycles. The zero-order valence-corrected chi connectivity index (χ0v) is 15.2. The number of nitriles is 1. The Kier molecular flexibility index (Phi) is 4.97. The number of methoxy groups -OCH3 is 1. The highest BCUT2D eigenvalue weighted by atomic mass is 32.1. The van der Waals surface area contributed by atoms with Gasteiger partial charge in [0, 0.05) is 10.9 Å². The largest absolute Gasteiger partial charge is 0.497 e. The van der Waals surface area contributed by atoms with Gasteiger partial charge in [0.25, 0.3) is 0 Å². The molecule has 0 radical (unpaired) electrons. The van der Waals surface area contributed by atoms with Crippen molar-refractivity contribution in [3.8, 4) is 23.1 Å². The fourth-order valence-corrected chi connectivity index (χ4v) is 3.27. The predicted octanol–water partition coefficient (Wildman–Crippen LogP) is 5.50. The minimum atomic E-state index is 0.549. The van der Waals surface area contributed by atoms with Crippen molar-refractivity contribution in [1.29, 1.82) is 5.26 Å². The van der Waals surface area contributed by atoms with Crippen molar-refractivity contribution >= 4 is 23.0 Å². The molecule has 0 aliphatic carbocycles. The van der Waals surface area contributed by atoms with Crippen LogP contribution in [0.2, 0.25) is 0 Å². The Morgan fingerprint density at radius 2 is 2.00 bits per heavy atom. The number of aromatic nitrogens is 1. The highest BCUT2D eigenvalue weighted by Crippen LogP contribution is 2.28. The van der Waals surface area contributed by atoms with Crippen molar-refractivity contribution in [2.75, 3.05) is 7.11 Å². The molecular weight excluding hydrogens is 328 g/mol. The molecule has 0 atom stereocenters. The molecule has 0 amide bonds. The van der Waals surface area contributed by atoms with E-state index in [4.69, 9.17) is 4.74 Å². The van der Waals surface area contributed by atoms with Gasteiger partial charge in [-0.3, -0.25) is 0 Å². The summed E-state index contributed by atoms with van der Waals surface area (Å²) in [5.41, 5.74) is 5.93. The van der Waals surface area contributed by atoms with Crippen LogP contribution in [0.5, 0.6) is 5.75 Å². The molecular formula is C21H18N2OS. The third-order valence-electron chi connectivity index (χ3n) is 4.06. The molecule has 0 bridgehead atoms. The van der Waals surface area contributed by atoms with Crippen LogP contribution in [0.3, 0.4) is 0 Å². The normalized spacial score (nSPS) is 11.2. The van der Waals surface area contributed by atoms with E-state index < -0.39 is 0 Å². The van der Waals surface area contributed by atoms with E-state index in [0.717, 1.165) is 27.6 Å². The van der Waals surface area contributed by atoms with Crippen molar-refractivity contribution in [3.63, 3.8) is 0 Å². The van der Waals surface area contributed by atoms with Crippen molar-refractivity contribution < 1.29 is 4.74 Å². The van der Waals surface area contributed by atoms with Crippen LogP contribution >= 0.6 is 11.3 Å². The first-order valence-corrected chi connectivity index (χ1v) is 8.78. The molecule has 0 saturated heterocycles. The number of aryl methyl sites for hydroxylation is 2. The molecule has 0 fully saturated rings. The molecule has 3 nitrogen and oxygen atoms in total. The number of ether oxygens (including phenoxy) is 1. The Bertz CT molecular complexity index is 980. The zero-order chi connectivity index (χ0) is 17.8. The van der Waals surface area contributed by atoms with Gasteiger partial charge in [0.1, 0.15) is 16.8 Å². The van der Waals surface area contributed by atoms with Crippen LogP contribution in [0.1, 0.15) is 21.7 Å². The first kappa shape index (κ1) is 16.9. The summed E-state index contributed by atoms with van der Waals surface area (Å²) in [5, 5.41) is 12.3. The van der Waals surface area contributed by atoms with Crippen molar-refractivity contribution in [2.24, 2.45) is 0 Å². The second-order valence-corrected chi connectivity index (χ2v) is 6.64. The Morgan fingerprint density at radius 3 is 2.72 bits per heavy atom. The molecule has 1 aromatic heterocycles. The maximum absolute atomic E-state index is 9.54. The number of hydrogen-bond donors (Lipinski definition) is 0. The van der Waals surface area contributed by atoms with Gasteiger partial charge in [-0.05, 0) is 54.8 Å². The van der Waals surface area contributed by atoms with Gasteiger partial charge >= 0.3 is 0 Å². The molecule has 3 aromatic rings. The summed E-state index contributed by atoms with van der Waals surface area (Å²) in [5.74, 6) is 0.765. The van der Waals surface area contributed by atoms with E-state index in [9.17, 15) is 5.26 Å². The van der Waals surface area contributed by atoms with Gasteiger partial charge in [-0.2, -0.15) is 5.26 Å². The summed E-state index contributed by atoms with van der Waals surface area (Å²) >= 11 is 1.48. The summed E-state index contributed by atoms with van der Waals surface area (Å²) in [7, 11) is 1.63. The predicted molar refractivity (Wildman–Crippen MR) is 104 cm³/mol. The van der Waals surface area contributed by atoms with E-state index in [-0.39, 0.29) is 0 Å². The Balaban J connectivity index is 1.95. The fourth-order valence-electron chi connectivity index (χ4n) is 2.47. The van der Waals surface area contributed by atoms with Gasteiger partial charge in [-0.1, -0.05) is 24.3 Å². The van der Waals surface area contributed by atoms with Crippen LogP contribution in [-0.2, 0) is 0 Å². The minimum Gasteiger partial charge on any atom is -0.497 e. The van der Waals surface area contributed by atoms with E-state index >= 15 is 0 Å². The molecule has 0 spiro atoms. The van der Waals surface area contributed by atoms with Gasteiger partial charge in [0.15, 0.2) is 0 Å². The second-order valence-electron chi connectivity index (χ2n) is 5.78. The Labute approximate surface area is 151 Å². The highest BCUT2D eigenvalue weighted by molar-refractivity contribution is 7.11. The summed E-state index contributed by atoms with van der Waals surface area (Å²) in [6.07, 6.45) is 1.84. The Hall–Kier alpha value is -2.90. The fraction of sp³-hybridized carbons (Fsp3) is 0.143. The molecule has 0 N–H and O–H groups in total. The SMILES string of the molecule is COc1cccc(C=C(C#N)c2nc(-c3ccc(C)c(C)c3)cs2)c1. The smallest absolute Gasteiger partial charge is 0.134 e. The van der Waals surface area contributed by atoms with E-state index in [1.807, 2.05) is 35.7 Å². The minimum absolute atomic E-state index is 0.549. The topological polar surface area (TPSA) is 45.9 Å². The number of allylic oxidation sites excluding steroid dienone is 1. The number of benzene rings is 2. The monoisotopic (exact) mass is 346 g/mol. The second kappa shape index (κ2) is 7.33. The first-order valence-electron chi connectivity index (χ1n) is 7.90. The van der Waals surface area contributed by atoms with Gasteiger partial charge < -0.3 is 4.74 Å². The Morgan fingerprint density at radius 1 is 1.16 bits per heavy atom. The number of thiazole rings is 1. The molecule has 124 valence electrons. The molecule has 1 heterocycles. The number of hydrogen-bond acceptors (Lipinski definition) is 4. The highest BCUT2D eigenvalue weighted by Gasteiger charge is 2.10. The number of rotatable bonds is 4. The lowest BCUT2D eigenvalue weighted by molar-refractivity contribution is 0.414. The van der Waals surface area contributed by atoms with E-state index in [2.05, 4.69) is 43.1 Å². The average molecular weight is 346 g/mol. The first-order chi connectivity index (χ1) is 12.1. The van der Waals surface area contributed by atoms with Crippen LogP contribution in [0.4, 0.5) is 0 Å². The average Bonchev–Trinajstić information content (AvgIpc) is 3.12. The quantitative estimate of drug-likeness (QED) is 0.586. The molecule has 25 heavy (non-hydrogen) atoms. The van der Waals surface area contributed by atoms with Gasteiger partial charge in [0.2, 0.25) is 0 Å². The summed E-state index contributed by atoms with van der Waals surface area (Å²) in [6, 6.07) is 16.2. The lowest BCUT2D eigenvalue weighted by atomic mass is 10.1. The van der Waals surface area contributed by atoms with Crippen LogP contribution in [0.15, 0.2) is 47.8 Å². The van der Waals surface area contributed by atoms with Crippen molar-refractivity contribution in [2.45, 2.75) is 13.8 Å². The van der Waals surface area contributed by atoms with E-state index in [1.165, 1.54) is 22.5 Å². The van der Waals surface area contributed by atoms with Gasteiger partial charge in [-0.15, -0.1) is 11.3 Å². The van der Waals surface area contributed by atoms with Crippen LogP contribution in [-0.4, -0.2) is 12.1 Å². The molecule has 0 aliphatic rings. The van der Waals surface area contributed by atoms with Crippen molar-refractivity contribution in [3.05, 3.63) is 69.5 Å². The molecule has 4 heteroatoms. The maximum atomic E-state index is 9.54. The summed E-state index contributed by atoms with van der Waals surface area (Å²) in [4.78, 5) is 4.66. The lowest BCUT2D eigenvalue weighted by Gasteiger charge is -2.02. The zero-order valence-electron chi connectivity index (χ0n) is 14.4. The molecule has 0 unspecified atom stereocenters. The maximum Gasteiger partial charge on any atom is 0.134 e. The molecule has 0 saturated carbocycles. The van der Waals surface area contributed by atoms with Crippen LogP contribution in [0.25, 0.3) is 22.9 Å². The molecule has 2 aromatic carbocycles. The van der Waals surface area contributed by atoms with E-state index in [1.54, 1.807) is 7.11 Å². The van der Waals surface area contributed by atoms with Gasteiger partial charge in [-0.25, -0.2) is 4.98 Å². The standard InChI is InChI=1S/C21H18N2OS/c1-14-7-8-17(9-15(14)2)20-13-25-21(23-20)18(12-22)10-16-5-4-6-19(11-16)24-3/h4-11,13H,1-3H3. The van der Waals surface area contributed by atoms with Crippen molar-refractivity contribution in [1.82, 2.24) is 4.98 Å². The lowest BCUT2D eigenvalue weighted by Crippen LogP contribution is -1.86. The number of nitrogens with zero attached hydrogens (tertiary/aromatic N) is 2. The van der Waals surface area contributed by atoms with Crippen LogP contribution in [0, 0.1) is 25.2 Å². The van der Waals surface area contributed by atoms with Gasteiger partial charge in [0.05, 0.1) is 18.4 Å². The van der Waals surface area contributed by atoms with Crippen LogP contribution < -0.4 is 4.74 Å². The third kappa shape index (κ3) is 3.78. The molecule has 3 rings (SSSR count). The summed E-state index contributed by atoms with van der Waals surface area (Å²) in [6.45, 7) is 4.19. The third-order valence-corrected chi connectivity index (χ3v) is 4.94.